The number of rotatable bonds is 4. The number of nitrogens with zero attached hydrogens (tertiary/aromatic N) is 1. The Hall–Kier alpha value is -2.18. The van der Waals surface area contributed by atoms with Crippen LogP contribution in [-0.2, 0) is 9.59 Å². The van der Waals surface area contributed by atoms with Crippen LogP contribution in [0.1, 0.15) is 19.8 Å². The van der Waals surface area contributed by atoms with Crippen molar-refractivity contribution in [3.05, 3.63) is 53.6 Å². The van der Waals surface area contributed by atoms with Gasteiger partial charge < -0.3 is 15.0 Å². The number of hydrogen-bond donors (Lipinski definition) is 1. The second kappa shape index (κ2) is 7.09. The molecule has 1 N–H and O–H groups in total. The smallest absolute Gasteiger partial charge is 0.248 e. The number of halogens is 1. The van der Waals surface area contributed by atoms with Crippen molar-refractivity contribution in [2.24, 2.45) is 0 Å². The Bertz CT molecular complexity index is 892. The summed E-state index contributed by atoms with van der Waals surface area (Å²) in [7, 11) is 0. The van der Waals surface area contributed by atoms with Crippen molar-refractivity contribution in [3.8, 4) is 11.5 Å². The number of nitrogens with one attached hydrogen (secondary N) is 1. The number of fused-ring (bicyclic) bond motifs is 1. The fourth-order valence-corrected chi connectivity index (χ4v) is 5.14. The highest BCUT2D eigenvalue weighted by Crippen LogP contribution is 2.47. The fourth-order valence-electron chi connectivity index (χ4n) is 3.54. The molecule has 2 amide bonds. The molecule has 2 aromatic carbocycles. The highest BCUT2D eigenvalue weighted by Gasteiger charge is 2.52. The maximum absolute atomic E-state index is 12.9. The Balaban J connectivity index is 1.56. The fraction of sp³-hybridized carbons (Fsp3) is 0.300. The predicted octanol–water partition coefficient (Wildman–Crippen LogP) is 4.52. The molecule has 5 nitrogen and oxygen atoms in total. The topological polar surface area (TPSA) is 58.6 Å². The van der Waals surface area contributed by atoms with E-state index in [4.69, 9.17) is 16.3 Å². The van der Waals surface area contributed by atoms with Gasteiger partial charge in [0.1, 0.15) is 11.8 Å². The van der Waals surface area contributed by atoms with Crippen molar-refractivity contribution >= 4 is 40.9 Å². The molecule has 2 aliphatic rings. The van der Waals surface area contributed by atoms with Gasteiger partial charge >= 0.3 is 0 Å². The van der Waals surface area contributed by atoms with Crippen LogP contribution >= 0.6 is 23.4 Å². The van der Waals surface area contributed by atoms with Crippen molar-refractivity contribution in [2.75, 3.05) is 11.1 Å². The highest BCUT2D eigenvalue weighted by molar-refractivity contribution is 8.01. The van der Waals surface area contributed by atoms with Crippen LogP contribution in [0, 0.1) is 0 Å². The highest BCUT2D eigenvalue weighted by atomic mass is 35.5. The van der Waals surface area contributed by atoms with Gasteiger partial charge in [-0.3, -0.25) is 9.59 Å². The largest absolute Gasteiger partial charge is 0.455 e. The van der Waals surface area contributed by atoms with Crippen molar-refractivity contribution in [1.82, 2.24) is 4.90 Å². The number of amides is 2. The average Bonchev–Trinajstić information content (AvgIpc) is 3.14. The van der Waals surface area contributed by atoms with E-state index >= 15 is 0 Å². The van der Waals surface area contributed by atoms with E-state index in [1.165, 1.54) is 0 Å². The number of carbonyl (C=O) groups is 2. The minimum absolute atomic E-state index is 0.0366. The van der Waals surface area contributed by atoms with E-state index in [2.05, 4.69) is 5.32 Å². The molecule has 0 saturated carbocycles. The predicted molar refractivity (Wildman–Crippen MR) is 107 cm³/mol. The number of hydrogen-bond acceptors (Lipinski definition) is 4. The third-order valence-electron chi connectivity index (χ3n) is 4.92. The molecule has 0 aromatic heterocycles. The number of para-hydroxylation sites is 1. The van der Waals surface area contributed by atoms with E-state index < -0.39 is 6.04 Å². The number of benzene rings is 2. The summed E-state index contributed by atoms with van der Waals surface area (Å²) in [6, 6.07) is 13.9. The van der Waals surface area contributed by atoms with Crippen molar-refractivity contribution in [3.63, 3.8) is 0 Å². The third kappa shape index (κ3) is 3.51. The van der Waals surface area contributed by atoms with Gasteiger partial charge in [-0.15, -0.1) is 11.8 Å². The molecule has 2 fully saturated rings. The zero-order valence-corrected chi connectivity index (χ0v) is 16.3. The number of carbonyl (C=O) groups excluding carboxylic acids is 2. The third-order valence-corrected chi connectivity index (χ3v) is 6.66. The van der Waals surface area contributed by atoms with Crippen molar-refractivity contribution in [1.29, 1.82) is 0 Å². The Kier molecular flexibility index (Phi) is 4.78. The van der Waals surface area contributed by atoms with Crippen LogP contribution in [0.5, 0.6) is 11.5 Å². The molecule has 4 rings (SSSR count). The van der Waals surface area contributed by atoms with Crippen LogP contribution in [0.15, 0.2) is 48.5 Å². The molecule has 2 atom stereocenters. The van der Waals surface area contributed by atoms with Crippen LogP contribution in [0.3, 0.4) is 0 Å². The van der Waals surface area contributed by atoms with E-state index in [1.807, 2.05) is 37.3 Å². The normalized spacial score (nSPS) is 24.0. The number of anilines is 1. The summed E-state index contributed by atoms with van der Waals surface area (Å²) >= 11 is 7.78. The second-order valence-electron chi connectivity index (χ2n) is 6.81. The van der Waals surface area contributed by atoms with Crippen molar-refractivity contribution < 1.29 is 14.3 Å². The molecule has 2 unspecified atom stereocenters. The summed E-state index contributed by atoms with van der Waals surface area (Å²) in [6.07, 6.45) is 1.27. The van der Waals surface area contributed by atoms with Crippen LogP contribution in [0.25, 0.3) is 0 Å². The average molecular weight is 403 g/mol. The molecule has 140 valence electrons. The maximum Gasteiger partial charge on any atom is 0.248 e. The lowest BCUT2D eigenvalue weighted by Crippen LogP contribution is -2.48. The maximum atomic E-state index is 12.9. The van der Waals surface area contributed by atoms with E-state index in [-0.39, 0.29) is 16.7 Å². The van der Waals surface area contributed by atoms with Crippen molar-refractivity contribution in [2.45, 2.75) is 30.7 Å². The van der Waals surface area contributed by atoms with Gasteiger partial charge in [-0.2, -0.15) is 0 Å². The van der Waals surface area contributed by atoms with Gasteiger partial charge in [0.15, 0.2) is 5.75 Å². The summed E-state index contributed by atoms with van der Waals surface area (Å²) in [6.45, 7) is 2.03. The monoisotopic (exact) mass is 402 g/mol. The molecular weight excluding hydrogens is 384 g/mol. The molecule has 2 aromatic rings. The molecule has 2 heterocycles. The zero-order valence-electron chi connectivity index (χ0n) is 14.8. The summed E-state index contributed by atoms with van der Waals surface area (Å²) in [5.41, 5.74) is 0.488. The summed E-state index contributed by atoms with van der Waals surface area (Å²) < 4.78 is 5.90. The van der Waals surface area contributed by atoms with Crippen LogP contribution in [0.2, 0.25) is 5.02 Å². The zero-order chi connectivity index (χ0) is 19.0. The molecule has 7 heteroatoms. The summed E-state index contributed by atoms with van der Waals surface area (Å²) in [5, 5.41) is 3.40. The van der Waals surface area contributed by atoms with Gasteiger partial charge in [0.2, 0.25) is 11.8 Å². The van der Waals surface area contributed by atoms with Gasteiger partial charge in [0.05, 0.1) is 10.6 Å². The van der Waals surface area contributed by atoms with Gasteiger partial charge in [0.25, 0.3) is 0 Å². The Morgan fingerprint density at radius 2 is 2.07 bits per heavy atom. The van der Waals surface area contributed by atoms with Crippen LogP contribution in [0.4, 0.5) is 5.69 Å². The molecule has 27 heavy (non-hydrogen) atoms. The lowest BCUT2D eigenvalue weighted by atomic mass is 10.2. The standard InChI is InChI=1S/C20H19ClN2O3S/c1-20-10-9-18(24)23(20)16(12-27-20)19(25)22-15-11-13(21)7-8-17(15)26-14-5-3-2-4-6-14/h2-8,11,16H,9-10,12H2,1H3,(H,22,25). The quantitative estimate of drug-likeness (QED) is 0.816. The first-order valence-electron chi connectivity index (χ1n) is 8.76. The second-order valence-corrected chi connectivity index (χ2v) is 8.75. The Labute approximate surface area is 167 Å². The molecule has 2 saturated heterocycles. The summed E-state index contributed by atoms with van der Waals surface area (Å²) in [4.78, 5) is 26.7. The van der Waals surface area contributed by atoms with Gasteiger partial charge in [-0.25, -0.2) is 0 Å². The van der Waals surface area contributed by atoms with E-state index in [0.29, 0.717) is 34.4 Å². The first kappa shape index (κ1) is 18.2. The number of thioether (sulfide) groups is 1. The lowest BCUT2D eigenvalue weighted by molar-refractivity contribution is -0.135. The SMILES string of the molecule is CC12CCC(=O)N1C(C(=O)Nc1cc(Cl)ccc1Oc1ccccc1)CS2. The van der Waals surface area contributed by atoms with E-state index in [1.54, 1.807) is 34.9 Å². The van der Waals surface area contributed by atoms with E-state index in [9.17, 15) is 9.59 Å². The molecule has 0 spiro atoms. The van der Waals surface area contributed by atoms with E-state index in [0.717, 1.165) is 6.42 Å². The van der Waals surface area contributed by atoms with Gasteiger partial charge in [-0.05, 0) is 43.7 Å². The molecule has 0 bridgehead atoms. The minimum atomic E-state index is -0.487. The Morgan fingerprint density at radius 3 is 2.85 bits per heavy atom. The number of ether oxygens (including phenoxy) is 1. The van der Waals surface area contributed by atoms with Crippen LogP contribution in [-0.4, -0.2) is 33.4 Å². The first-order valence-corrected chi connectivity index (χ1v) is 10.1. The lowest BCUT2D eigenvalue weighted by Gasteiger charge is -2.30. The molecule has 0 radical (unpaired) electrons. The van der Waals surface area contributed by atoms with Gasteiger partial charge in [-0.1, -0.05) is 29.8 Å². The molecule has 2 aliphatic heterocycles. The molecular formula is C20H19ClN2O3S. The first-order chi connectivity index (χ1) is 13.0. The minimum Gasteiger partial charge on any atom is -0.455 e. The summed E-state index contributed by atoms with van der Waals surface area (Å²) in [5.74, 6) is 1.56. The Morgan fingerprint density at radius 1 is 1.30 bits per heavy atom. The van der Waals surface area contributed by atoms with Gasteiger partial charge in [0, 0.05) is 17.2 Å². The van der Waals surface area contributed by atoms with Crippen LogP contribution < -0.4 is 10.1 Å². The molecule has 0 aliphatic carbocycles.